The first-order valence-electron chi connectivity index (χ1n) is 9.45. The van der Waals surface area contributed by atoms with Crippen LogP contribution in [-0.2, 0) is 21.6 Å². The molecule has 3 rings (SSSR count). The fraction of sp³-hybridized carbons (Fsp3) is 0.364. The van der Waals surface area contributed by atoms with Gasteiger partial charge in [0.15, 0.2) is 0 Å². The smallest absolute Gasteiger partial charge is 0.426 e. The van der Waals surface area contributed by atoms with Crippen molar-refractivity contribution < 1.29 is 37.7 Å². The molecule has 166 valence electrons. The number of fused-ring (bicyclic) bond motifs is 1. The molecule has 1 amide bonds. The molecule has 2 aromatic carbocycles. The number of aryl methyl sites for hydroxylation is 1. The van der Waals surface area contributed by atoms with Gasteiger partial charge in [-0.15, -0.1) is 0 Å². The van der Waals surface area contributed by atoms with Crippen LogP contribution in [0.4, 0.5) is 18.9 Å². The van der Waals surface area contributed by atoms with Gasteiger partial charge in [-0.1, -0.05) is 31.5 Å². The second-order valence-corrected chi connectivity index (χ2v) is 8.34. The molecule has 3 N–H and O–H groups in total. The monoisotopic (exact) mass is 437 g/mol. The molecular formula is C22H22F3NO5. The Morgan fingerprint density at radius 3 is 2.48 bits per heavy atom. The zero-order chi connectivity index (χ0) is 23.2. The van der Waals surface area contributed by atoms with Gasteiger partial charge >= 0.3 is 12.1 Å². The van der Waals surface area contributed by atoms with E-state index in [2.05, 4.69) is 5.32 Å². The molecule has 0 radical (unpaired) electrons. The molecule has 0 saturated heterocycles. The Labute approximate surface area is 176 Å². The summed E-state index contributed by atoms with van der Waals surface area (Å²) < 4.78 is 46.6. The van der Waals surface area contributed by atoms with Crippen LogP contribution in [0.2, 0.25) is 0 Å². The number of hydrogen-bond acceptors (Lipinski definition) is 5. The molecule has 0 aromatic heterocycles. The number of rotatable bonds is 5. The summed E-state index contributed by atoms with van der Waals surface area (Å²) in [6.07, 6.45) is -6.32. The molecule has 0 saturated carbocycles. The lowest BCUT2D eigenvalue weighted by molar-refractivity contribution is -0.254. The third-order valence-electron chi connectivity index (χ3n) is 5.37. The van der Waals surface area contributed by atoms with Crippen LogP contribution in [0.15, 0.2) is 36.4 Å². The summed E-state index contributed by atoms with van der Waals surface area (Å²) in [5, 5.41) is 22.8. The van der Waals surface area contributed by atoms with Gasteiger partial charge in [-0.05, 0) is 42.2 Å². The minimum absolute atomic E-state index is 0.0130. The minimum atomic E-state index is -5.29. The molecular weight excluding hydrogens is 415 g/mol. The number of ether oxygens (including phenoxy) is 1. The fourth-order valence-corrected chi connectivity index (χ4v) is 3.68. The molecule has 1 aliphatic heterocycles. The van der Waals surface area contributed by atoms with E-state index in [0.29, 0.717) is 11.1 Å². The highest BCUT2D eigenvalue weighted by Gasteiger charge is 2.61. The van der Waals surface area contributed by atoms with Crippen molar-refractivity contribution in [1.29, 1.82) is 0 Å². The number of halogens is 3. The third-order valence-corrected chi connectivity index (χ3v) is 5.37. The van der Waals surface area contributed by atoms with Crippen molar-refractivity contribution in [3.05, 3.63) is 58.7 Å². The molecule has 0 spiro atoms. The Hall–Kier alpha value is -3.07. The van der Waals surface area contributed by atoms with Crippen LogP contribution in [-0.4, -0.2) is 33.9 Å². The quantitative estimate of drug-likeness (QED) is 0.616. The number of amides is 1. The van der Waals surface area contributed by atoms with Gasteiger partial charge in [-0.3, -0.25) is 4.79 Å². The van der Waals surface area contributed by atoms with E-state index in [1.807, 2.05) is 0 Å². The summed E-state index contributed by atoms with van der Waals surface area (Å²) in [4.78, 5) is 24.2. The SMILES string of the molecule is Cc1ccc(O)c(C(C)(C)CC(O)(C(=O)Nc2ccc3c(c2)COC3=O)C(F)(F)F)c1. The van der Waals surface area contributed by atoms with E-state index in [4.69, 9.17) is 4.74 Å². The zero-order valence-corrected chi connectivity index (χ0v) is 17.1. The number of aliphatic hydroxyl groups is 1. The molecule has 0 fully saturated rings. The Kier molecular flexibility index (Phi) is 5.52. The Balaban J connectivity index is 1.92. The Morgan fingerprint density at radius 1 is 1.16 bits per heavy atom. The highest BCUT2D eigenvalue weighted by atomic mass is 19.4. The number of anilines is 1. The average molecular weight is 437 g/mol. The minimum Gasteiger partial charge on any atom is -0.508 e. The zero-order valence-electron chi connectivity index (χ0n) is 17.1. The van der Waals surface area contributed by atoms with Crippen LogP contribution >= 0.6 is 0 Å². The number of alkyl halides is 3. The second kappa shape index (κ2) is 7.56. The van der Waals surface area contributed by atoms with Crippen molar-refractivity contribution in [3.8, 4) is 5.75 Å². The van der Waals surface area contributed by atoms with Crippen molar-refractivity contribution >= 4 is 17.6 Å². The van der Waals surface area contributed by atoms with Gasteiger partial charge in [-0.2, -0.15) is 13.2 Å². The van der Waals surface area contributed by atoms with E-state index in [1.165, 1.54) is 44.2 Å². The van der Waals surface area contributed by atoms with Gasteiger partial charge in [0.25, 0.3) is 5.91 Å². The van der Waals surface area contributed by atoms with Gasteiger partial charge in [0.1, 0.15) is 12.4 Å². The standard InChI is InChI=1S/C22H22F3NO5/c1-12-4-7-17(27)16(8-12)20(2,3)11-21(30,22(23,24)25)19(29)26-14-5-6-15-13(9-14)10-31-18(15)28/h4-9,27,30H,10-11H2,1-3H3,(H,26,29). The normalized spacial score (nSPS) is 15.8. The number of carbonyl (C=O) groups is 2. The van der Waals surface area contributed by atoms with Crippen molar-refractivity contribution in [2.45, 2.75) is 51.0 Å². The number of carbonyl (C=O) groups excluding carboxylic acids is 2. The molecule has 1 unspecified atom stereocenters. The summed E-state index contributed by atoms with van der Waals surface area (Å²) in [6.45, 7) is 4.47. The predicted octanol–water partition coefficient (Wildman–Crippen LogP) is 3.97. The first kappa shape index (κ1) is 22.6. The van der Waals surface area contributed by atoms with Crippen molar-refractivity contribution in [1.82, 2.24) is 0 Å². The lowest BCUT2D eigenvalue weighted by atomic mass is 9.73. The number of aromatic hydroxyl groups is 1. The van der Waals surface area contributed by atoms with E-state index >= 15 is 0 Å². The number of cyclic esters (lactones) is 1. The van der Waals surface area contributed by atoms with E-state index in [1.54, 1.807) is 13.0 Å². The first-order valence-corrected chi connectivity index (χ1v) is 9.45. The van der Waals surface area contributed by atoms with Crippen LogP contribution < -0.4 is 5.32 Å². The fourth-order valence-electron chi connectivity index (χ4n) is 3.68. The average Bonchev–Trinajstić information content (AvgIpc) is 3.02. The third kappa shape index (κ3) is 4.23. The topological polar surface area (TPSA) is 95.9 Å². The number of nitrogens with one attached hydrogen (secondary N) is 1. The molecule has 31 heavy (non-hydrogen) atoms. The number of benzene rings is 2. The van der Waals surface area contributed by atoms with Crippen molar-refractivity contribution in [3.63, 3.8) is 0 Å². The van der Waals surface area contributed by atoms with E-state index < -0.39 is 35.5 Å². The lowest BCUT2D eigenvalue weighted by Gasteiger charge is -2.37. The van der Waals surface area contributed by atoms with E-state index in [-0.39, 0.29) is 29.2 Å². The van der Waals surface area contributed by atoms with Crippen molar-refractivity contribution in [2.75, 3.05) is 5.32 Å². The maximum Gasteiger partial charge on any atom is 0.426 e. The number of esters is 1. The summed E-state index contributed by atoms with van der Waals surface area (Å²) >= 11 is 0. The molecule has 1 atom stereocenters. The molecule has 2 aromatic rings. The molecule has 6 nitrogen and oxygen atoms in total. The van der Waals surface area contributed by atoms with Crippen LogP contribution in [0.1, 0.15) is 47.3 Å². The highest BCUT2D eigenvalue weighted by molar-refractivity contribution is 5.99. The van der Waals surface area contributed by atoms with Gasteiger partial charge < -0.3 is 20.3 Å². The number of hydrogen-bond donors (Lipinski definition) is 3. The molecule has 1 heterocycles. The molecule has 0 bridgehead atoms. The summed E-state index contributed by atoms with van der Waals surface area (Å²) in [5.74, 6) is -2.45. The molecule has 0 aliphatic carbocycles. The van der Waals surface area contributed by atoms with Crippen molar-refractivity contribution in [2.24, 2.45) is 0 Å². The van der Waals surface area contributed by atoms with E-state index in [0.717, 1.165) is 0 Å². The van der Waals surface area contributed by atoms with E-state index in [9.17, 15) is 33.0 Å². The molecule has 9 heteroatoms. The Morgan fingerprint density at radius 2 is 1.84 bits per heavy atom. The number of phenolic OH excluding ortho intramolecular Hbond substituents is 1. The van der Waals surface area contributed by atoms with Crippen LogP contribution in [0.5, 0.6) is 5.75 Å². The van der Waals surface area contributed by atoms with Gasteiger partial charge in [0.05, 0.1) is 5.56 Å². The lowest BCUT2D eigenvalue weighted by Crippen LogP contribution is -2.57. The highest BCUT2D eigenvalue weighted by Crippen LogP contribution is 2.44. The van der Waals surface area contributed by atoms with Gasteiger partial charge in [0.2, 0.25) is 5.60 Å². The van der Waals surface area contributed by atoms with Crippen LogP contribution in [0, 0.1) is 6.92 Å². The summed E-state index contributed by atoms with van der Waals surface area (Å²) in [6, 6.07) is 8.39. The summed E-state index contributed by atoms with van der Waals surface area (Å²) in [7, 11) is 0. The van der Waals surface area contributed by atoms with Crippen LogP contribution in [0.3, 0.4) is 0 Å². The maximum absolute atomic E-state index is 13.9. The first-order chi connectivity index (χ1) is 14.2. The summed E-state index contributed by atoms with van der Waals surface area (Å²) in [5.41, 5.74) is -3.59. The van der Waals surface area contributed by atoms with Gasteiger partial charge in [-0.25, -0.2) is 4.79 Å². The van der Waals surface area contributed by atoms with Gasteiger partial charge in [0, 0.05) is 17.7 Å². The Bertz CT molecular complexity index is 1050. The maximum atomic E-state index is 13.9. The molecule has 1 aliphatic rings. The second-order valence-electron chi connectivity index (χ2n) is 8.34. The van der Waals surface area contributed by atoms with Crippen LogP contribution in [0.25, 0.3) is 0 Å². The number of phenols is 1. The largest absolute Gasteiger partial charge is 0.508 e. The predicted molar refractivity (Wildman–Crippen MR) is 106 cm³/mol.